The van der Waals surface area contributed by atoms with Crippen LogP contribution in [0.4, 0.5) is 14.5 Å². The van der Waals surface area contributed by atoms with E-state index < -0.39 is 23.5 Å². The Kier molecular flexibility index (Phi) is 3.63. The highest BCUT2D eigenvalue weighted by Crippen LogP contribution is 2.37. The average molecular weight is 345 g/mol. The first-order valence-electron chi connectivity index (χ1n) is 7.72. The Morgan fingerprint density at radius 3 is 2.48 bits per heavy atom. The van der Waals surface area contributed by atoms with E-state index in [1.54, 1.807) is 18.2 Å². The lowest BCUT2D eigenvalue weighted by Crippen LogP contribution is -2.30. The van der Waals surface area contributed by atoms with Crippen LogP contribution in [-0.4, -0.2) is 18.6 Å². The maximum Gasteiger partial charge on any atom is 0.237 e. The molecule has 25 heavy (non-hydrogen) atoms. The molecule has 1 atom stereocenters. The van der Waals surface area contributed by atoms with Gasteiger partial charge in [0.25, 0.3) is 0 Å². The molecule has 0 spiro atoms. The van der Waals surface area contributed by atoms with Gasteiger partial charge in [0.2, 0.25) is 18.6 Å². The van der Waals surface area contributed by atoms with Gasteiger partial charge in [-0.3, -0.25) is 14.5 Å². The summed E-state index contributed by atoms with van der Waals surface area (Å²) in [6, 6.07) is 7.92. The van der Waals surface area contributed by atoms with Gasteiger partial charge < -0.3 is 9.47 Å². The molecule has 7 heteroatoms. The van der Waals surface area contributed by atoms with Crippen molar-refractivity contribution in [3.63, 3.8) is 0 Å². The Bertz CT molecular complexity index is 863. The highest BCUT2D eigenvalue weighted by atomic mass is 19.1. The second-order valence-corrected chi connectivity index (χ2v) is 5.99. The van der Waals surface area contributed by atoms with Gasteiger partial charge in [-0.1, -0.05) is 0 Å². The summed E-state index contributed by atoms with van der Waals surface area (Å²) in [6.45, 7) is 0.0917. The summed E-state index contributed by atoms with van der Waals surface area (Å²) in [5.74, 6) is -1.81. The molecule has 128 valence electrons. The summed E-state index contributed by atoms with van der Waals surface area (Å²) < 4.78 is 37.1. The molecular formula is C18H13F2NO4. The van der Waals surface area contributed by atoms with E-state index in [1.165, 1.54) is 12.1 Å². The fraction of sp³-hybridized carbons (Fsp3) is 0.222. The number of carbonyl (C=O) groups is 2. The summed E-state index contributed by atoms with van der Waals surface area (Å²) in [7, 11) is 0. The molecule has 1 unspecified atom stereocenters. The van der Waals surface area contributed by atoms with E-state index in [1.807, 2.05) is 0 Å². The van der Waals surface area contributed by atoms with Crippen LogP contribution in [0.25, 0.3) is 0 Å². The third-order valence-electron chi connectivity index (χ3n) is 4.26. The van der Waals surface area contributed by atoms with Gasteiger partial charge in [0, 0.05) is 18.6 Å². The Morgan fingerprint density at radius 1 is 1.00 bits per heavy atom. The topological polar surface area (TPSA) is 55.8 Å². The largest absolute Gasteiger partial charge is 0.454 e. The number of carbonyl (C=O) groups excluding carboxylic acids is 2. The number of ether oxygens (including phenoxy) is 2. The van der Waals surface area contributed by atoms with Crippen molar-refractivity contribution in [1.29, 1.82) is 0 Å². The molecule has 0 aromatic heterocycles. The van der Waals surface area contributed by atoms with Crippen molar-refractivity contribution >= 4 is 17.5 Å². The van der Waals surface area contributed by atoms with E-state index in [-0.39, 0.29) is 25.5 Å². The van der Waals surface area contributed by atoms with Crippen LogP contribution in [0.1, 0.15) is 12.0 Å². The van der Waals surface area contributed by atoms with Crippen LogP contribution in [0.2, 0.25) is 0 Å². The van der Waals surface area contributed by atoms with E-state index in [0.717, 1.165) is 11.0 Å². The summed E-state index contributed by atoms with van der Waals surface area (Å²) >= 11 is 0. The number of hydrogen-bond donors (Lipinski definition) is 0. The van der Waals surface area contributed by atoms with Crippen molar-refractivity contribution in [2.75, 3.05) is 11.7 Å². The summed E-state index contributed by atoms with van der Waals surface area (Å²) in [4.78, 5) is 26.0. The van der Waals surface area contributed by atoms with E-state index in [0.29, 0.717) is 22.7 Å². The van der Waals surface area contributed by atoms with Gasteiger partial charge in [-0.25, -0.2) is 8.78 Å². The van der Waals surface area contributed by atoms with Crippen molar-refractivity contribution in [3.05, 3.63) is 53.6 Å². The van der Waals surface area contributed by atoms with Crippen molar-refractivity contribution in [2.45, 2.75) is 12.8 Å². The lowest BCUT2D eigenvalue weighted by atomic mass is 9.98. The van der Waals surface area contributed by atoms with Crippen molar-refractivity contribution in [2.24, 2.45) is 5.92 Å². The minimum Gasteiger partial charge on any atom is -0.454 e. The highest BCUT2D eigenvalue weighted by Gasteiger charge is 2.40. The number of benzene rings is 2. The zero-order valence-corrected chi connectivity index (χ0v) is 13.0. The lowest BCUT2D eigenvalue weighted by molar-refractivity contribution is -0.122. The molecule has 2 amide bonds. The highest BCUT2D eigenvalue weighted by molar-refractivity contribution is 6.21. The Hall–Kier alpha value is -2.96. The van der Waals surface area contributed by atoms with E-state index in [9.17, 15) is 18.4 Å². The van der Waals surface area contributed by atoms with Gasteiger partial charge in [0.1, 0.15) is 11.6 Å². The molecule has 0 radical (unpaired) electrons. The maximum absolute atomic E-state index is 13.3. The smallest absolute Gasteiger partial charge is 0.237 e. The van der Waals surface area contributed by atoms with Crippen LogP contribution in [-0.2, 0) is 16.0 Å². The van der Waals surface area contributed by atoms with E-state index in [4.69, 9.17) is 9.47 Å². The number of amides is 2. The summed E-state index contributed by atoms with van der Waals surface area (Å²) in [5, 5.41) is 0. The Balaban J connectivity index is 1.58. The van der Waals surface area contributed by atoms with E-state index in [2.05, 4.69) is 0 Å². The molecule has 0 saturated carbocycles. The second kappa shape index (κ2) is 5.84. The van der Waals surface area contributed by atoms with E-state index >= 15 is 0 Å². The summed E-state index contributed by atoms with van der Waals surface area (Å²) in [5.41, 5.74) is 0.739. The van der Waals surface area contributed by atoms with Crippen LogP contribution >= 0.6 is 0 Å². The number of hydrogen-bond acceptors (Lipinski definition) is 4. The molecule has 2 aliphatic heterocycles. The summed E-state index contributed by atoms with van der Waals surface area (Å²) in [6.07, 6.45) is 0.0890. The minimum atomic E-state index is -0.709. The second-order valence-electron chi connectivity index (χ2n) is 5.99. The van der Waals surface area contributed by atoms with Gasteiger partial charge in [-0.05, 0) is 36.2 Å². The zero-order valence-electron chi connectivity index (χ0n) is 13.0. The first-order valence-corrected chi connectivity index (χ1v) is 7.72. The molecule has 2 heterocycles. The predicted octanol–water partition coefficient (Wildman–Crippen LogP) is 2.82. The molecule has 0 aliphatic carbocycles. The number of imide groups is 1. The number of halogens is 2. The lowest BCUT2D eigenvalue weighted by Gasteiger charge is -2.15. The molecule has 1 fully saturated rings. The van der Waals surface area contributed by atoms with Crippen LogP contribution in [0.3, 0.4) is 0 Å². The van der Waals surface area contributed by atoms with Gasteiger partial charge >= 0.3 is 0 Å². The molecule has 1 saturated heterocycles. The zero-order chi connectivity index (χ0) is 17.6. The quantitative estimate of drug-likeness (QED) is 0.803. The van der Waals surface area contributed by atoms with Crippen LogP contribution in [0.15, 0.2) is 36.4 Å². The molecule has 2 aliphatic rings. The molecule has 5 nitrogen and oxygen atoms in total. The molecule has 0 N–H and O–H groups in total. The molecule has 0 bridgehead atoms. The molecule has 2 aromatic rings. The number of anilines is 1. The average Bonchev–Trinajstić information content (AvgIpc) is 3.10. The Morgan fingerprint density at radius 2 is 1.72 bits per heavy atom. The monoisotopic (exact) mass is 345 g/mol. The molecular weight excluding hydrogens is 332 g/mol. The Labute approximate surface area is 141 Å². The SMILES string of the molecule is O=C1CC(Cc2cc(F)cc(F)c2)C(=O)N1c1ccc2c(c1)OCO2. The van der Waals surface area contributed by atoms with Gasteiger partial charge in [0.05, 0.1) is 11.6 Å². The predicted molar refractivity (Wildman–Crippen MR) is 83.2 cm³/mol. The fourth-order valence-electron chi connectivity index (χ4n) is 3.16. The van der Waals surface area contributed by atoms with Gasteiger partial charge in [-0.2, -0.15) is 0 Å². The van der Waals surface area contributed by atoms with Crippen molar-refractivity contribution in [3.8, 4) is 11.5 Å². The third-order valence-corrected chi connectivity index (χ3v) is 4.26. The number of fused-ring (bicyclic) bond motifs is 1. The first kappa shape index (κ1) is 15.6. The van der Waals surface area contributed by atoms with Gasteiger partial charge in [0.15, 0.2) is 11.5 Å². The molecule has 4 rings (SSSR count). The minimum absolute atomic E-state index is 0.00852. The number of rotatable bonds is 3. The maximum atomic E-state index is 13.3. The van der Waals surface area contributed by atoms with Gasteiger partial charge in [-0.15, -0.1) is 0 Å². The fourth-order valence-corrected chi connectivity index (χ4v) is 3.16. The van der Waals surface area contributed by atoms with Crippen LogP contribution in [0.5, 0.6) is 11.5 Å². The van der Waals surface area contributed by atoms with Crippen molar-refractivity contribution in [1.82, 2.24) is 0 Å². The van der Waals surface area contributed by atoms with Crippen LogP contribution in [0, 0.1) is 17.6 Å². The normalized spacial score (nSPS) is 19.0. The standard InChI is InChI=1S/C18H13F2NO4/c19-12-4-10(5-13(20)7-12)3-11-6-17(22)21(18(11)23)14-1-2-15-16(8-14)25-9-24-15/h1-2,4-5,7-8,11H,3,6,9H2. The molecule has 2 aromatic carbocycles. The van der Waals surface area contributed by atoms with Crippen LogP contribution < -0.4 is 14.4 Å². The first-order chi connectivity index (χ1) is 12.0. The van der Waals surface area contributed by atoms with Crippen molar-refractivity contribution < 1.29 is 27.8 Å². The third kappa shape index (κ3) is 2.82. The number of nitrogens with zero attached hydrogens (tertiary/aromatic N) is 1.